The second-order valence-electron chi connectivity index (χ2n) is 6.99. The second kappa shape index (κ2) is 13.3. The highest BCUT2D eigenvalue weighted by Gasteiger charge is 2.23. The normalized spacial score (nSPS) is 16.7. The van der Waals surface area contributed by atoms with Crippen LogP contribution in [0.1, 0.15) is 26.3 Å². The maximum atomic E-state index is 13.3. The van der Waals surface area contributed by atoms with E-state index in [1.165, 1.54) is 6.07 Å². The Kier molecular flexibility index (Phi) is 11.9. The fraction of sp³-hybridized carbons (Fsp3) is 0.650. The van der Waals surface area contributed by atoms with Crippen molar-refractivity contribution in [3.63, 3.8) is 0 Å². The van der Waals surface area contributed by atoms with E-state index in [0.717, 1.165) is 63.9 Å². The van der Waals surface area contributed by atoms with Gasteiger partial charge in [0.05, 0.1) is 19.8 Å². The molecule has 0 spiro atoms. The maximum absolute atomic E-state index is 13.3. The average molecular weight is 492 g/mol. The highest BCUT2D eigenvalue weighted by molar-refractivity contribution is 14.0. The summed E-state index contributed by atoms with van der Waals surface area (Å²) in [6.07, 6.45) is 0.763. The molecular weight excluding hydrogens is 458 g/mol. The molecule has 7 heteroatoms. The lowest BCUT2D eigenvalue weighted by molar-refractivity contribution is 0.00867. The molecule has 5 nitrogen and oxygen atoms in total. The molecule has 1 atom stereocenters. The number of halogens is 2. The molecule has 1 unspecified atom stereocenters. The topological polar surface area (TPSA) is 48.9 Å². The number of rotatable bonds is 8. The first-order valence-electron chi connectivity index (χ1n) is 9.68. The van der Waals surface area contributed by atoms with Gasteiger partial charge < -0.3 is 15.4 Å². The van der Waals surface area contributed by atoms with Gasteiger partial charge in [0.1, 0.15) is 5.82 Å². The van der Waals surface area contributed by atoms with Gasteiger partial charge in [-0.15, -0.1) is 24.0 Å². The van der Waals surface area contributed by atoms with E-state index in [0.29, 0.717) is 12.0 Å². The largest absolute Gasteiger partial charge is 0.379 e. The van der Waals surface area contributed by atoms with Crippen LogP contribution in [0.4, 0.5) is 4.39 Å². The summed E-state index contributed by atoms with van der Waals surface area (Å²) >= 11 is 0. The summed E-state index contributed by atoms with van der Waals surface area (Å²) in [4.78, 5) is 7.28. The van der Waals surface area contributed by atoms with E-state index in [9.17, 15) is 4.39 Å². The zero-order chi connectivity index (χ0) is 18.8. The molecule has 1 aromatic carbocycles. The van der Waals surface area contributed by atoms with Crippen molar-refractivity contribution in [2.24, 2.45) is 10.9 Å². The van der Waals surface area contributed by atoms with E-state index in [4.69, 9.17) is 9.73 Å². The number of nitrogens with one attached hydrogen (secondary N) is 2. The van der Waals surface area contributed by atoms with Crippen LogP contribution in [0, 0.1) is 11.7 Å². The number of hydrogen-bond donors (Lipinski definition) is 2. The molecule has 0 aliphatic carbocycles. The third-order valence-corrected chi connectivity index (χ3v) is 4.66. The first-order valence-corrected chi connectivity index (χ1v) is 9.68. The fourth-order valence-electron chi connectivity index (χ4n) is 3.20. The highest BCUT2D eigenvalue weighted by atomic mass is 127. The van der Waals surface area contributed by atoms with Crippen molar-refractivity contribution >= 4 is 29.9 Å². The van der Waals surface area contributed by atoms with Gasteiger partial charge in [-0.25, -0.2) is 4.39 Å². The molecule has 2 N–H and O–H groups in total. The van der Waals surface area contributed by atoms with Crippen LogP contribution in [-0.2, 0) is 11.2 Å². The Morgan fingerprint density at radius 1 is 1.26 bits per heavy atom. The highest BCUT2D eigenvalue weighted by Crippen LogP contribution is 2.13. The Morgan fingerprint density at radius 2 is 2.00 bits per heavy atom. The minimum absolute atomic E-state index is 0. The number of guanidine groups is 1. The number of morpholine rings is 1. The third kappa shape index (κ3) is 8.74. The zero-order valence-electron chi connectivity index (χ0n) is 16.7. The van der Waals surface area contributed by atoms with Crippen molar-refractivity contribution in [3.05, 3.63) is 35.6 Å². The summed E-state index contributed by atoms with van der Waals surface area (Å²) in [7, 11) is 0. The Morgan fingerprint density at radius 3 is 2.63 bits per heavy atom. The molecule has 2 rings (SSSR count). The number of benzene rings is 1. The summed E-state index contributed by atoms with van der Waals surface area (Å²) < 4.78 is 18.7. The molecule has 0 radical (unpaired) electrons. The smallest absolute Gasteiger partial charge is 0.191 e. The molecule has 154 valence electrons. The van der Waals surface area contributed by atoms with Gasteiger partial charge in [-0.1, -0.05) is 26.0 Å². The molecule has 1 aromatic rings. The van der Waals surface area contributed by atoms with Crippen LogP contribution >= 0.6 is 24.0 Å². The van der Waals surface area contributed by atoms with E-state index in [-0.39, 0.29) is 29.8 Å². The molecule has 1 aliphatic heterocycles. The van der Waals surface area contributed by atoms with Crippen LogP contribution in [0.15, 0.2) is 29.3 Å². The zero-order valence-corrected chi connectivity index (χ0v) is 19.0. The maximum Gasteiger partial charge on any atom is 0.191 e. The van der Waals surface area contributed by atoms with Crippen molar-refractivity contribution in [1.82, 2.24) is 15.5 Å². The molecule has 0 aromatic heterocycles. The summed E-state index contributed by atoms with van der Waals surface area (Å²) in [6, 6.07) is 7.17. The van der Waals surface area contributed by atoms with Crippen LogP contribution in [0.25, 0.3) is 0 Å². The molecule has 1 saturated heterocycles. The van der Waals surface area contributed by atoms with Gasteiger partial charge in [-0.2, -0.15) is 0 Å². The first-order chi connectivity index (χ1) is 12.6. The van der Waals surface area contributed by atoms with Crippen LogP contribution in [0.2, 0.25) is 0 Å². The summed E-state index contributed by atoms with van der Waals surface area (Å²) in [5.41, 5.74) is 0.988. The molecular formula is C20H34FIN4O. The fourth-order valence-corrected chi connectivity index (χ4v) is 3.20. The van der Waals surface area contributed by atoms with E-state index in [1.54, 1.807) is 12.1 Å². The van der Waals surface area contributed by atoms with Gasteiger partial charge >= 0.3 is 0 Å². The SMILES string of the molecule is CCNC(=NCC(C(C)C)N1CCOCC1)NCCc1cccc(F)c1.I. The van der Waals surface area contributed by atoms with E-state index >= 15 is 0 Å². The number of hydrogen-bond acceptors (Lipinski definition) is 3. The lowest BCUT2D eigenvalue weighted by Gasteiger charge is -2.36. The Balaban J connectivity index is 0.00000364. The van der Waals surface area contributed by atoms with Gasteiger partial charge in [-0.05, 0) is 37.0 Å². The van der Waals surface area contributed by atoms with Crippen molar-refractivity contribution in [2.75, 3.05) is 45.9 Å². The predicted octanol–water partition coefficient (Wildman–Crippen LogP) is 2.90. The lowest BCUT2D eigenvalue weighted by Crippen LogP contribution is -2.48. The van der Waals surface area contributed by atoms with Crippen LogP contribution in [0.5, 0.6) is 0 Å². The summed E-state index contributed by atoms with van der Waals surface area (Å²) in [5, 5.41) is 6.66. The van der Waals surface area contributed by atoms with E-state index in [1.807, 2.05) is 6.07 Å². The second-order valence-corrected chi connectivity index (χ2v) is 6.99. The quantitative estimate of drug-likeness (QED) is 0.333. The van der Waals surface area contributed by atoms with Crippen LogP contribution in [-0.4, -0.2) is 62.8 Å². The van der Waals surface area contributed by atoms with Gasteiger partial charge in [-0.3, -0.25) is 9.89 Å². The third-order valence-electron chi connectivity index (χ3n) is 4.66. The van der Waals surface area contributed by atoms with Crippen molar-refractivity contribution in [3.8, 4) is 0 Å². The first kappa shape index (κ1) is 24.1. The number of nitrogens with zero attached hydrogens (tertiary/aromatic N) is 2. The van der Waals surface area contributed by atoms with Crippen molar-refractivity contribution in [1.29, 1.82) is 0 Å². The van der Waals surface area contributed by atoms with Crippen molar-refractivity contribution in [2.45, 2.75) is 33.2 Å². The molecule has 0 bridgehead atoms. The number of ether oxygens (including phenoxy) is 1. The minimum atomic E-state index is -0.187. The Labute approximate surface area is 180 Å². The lowest BCUT2D eigenvalue weighted by atomic mass is 10.0. The van der Waals surface area contributed by atoms with Gasteiger partial charge in [0.15, 0.2) is 5.96 Å². The molecule has 1 aliphatic rings. The standard InChI is InChI=1S/C20H33FN4O.HI/c1-4-22-20(23-9-8-17-6-5-7-18(21)14-17)24-15-19(16(2)3)25-10-12-26-13-11-25;/h5-7,14,16,19H,4,8-13,15H2,1-3H3,(H2,22,23,24);1H. The van der Waals surface area contributed by atoms with Gasteiger partial charge in [0, 0.05) is 32.2 Å². The predicted molar refractivity (Wildman–Crippen MR) is 121 cm³/mol. The summed E-state index contributed by atoms with van der Waals surface area (Å²) in [6.45, 7) is 12.4. The Bertz CT molecular complexity index is 565. The van der Waals surface area contributed by atoms with E-state index < -0.39 is 0 Å². The van der Waals surface area contributed by atoms with Gasteiger partial charge in [0.25, 0.3) is 0 Å². The molecule has 1 fully saturated rings. The van der Waals surface area contributed by atoms with Crippen LogP contribution < -0.4 is 10.6 Å². The molecule has 27 heavy (non-hydrogen) atoms. The minimum Gasteiger partial charge on any atom is -0.379 e. The van der Waals surface area contributed by atoms with E-state index in [2.05, 4.69) is 36.3 Å². The Hall–Kier alpha value is -0.930. The monoisotopic (exact) mass is 492 g/mol. The summed E-state index contributed by atoms with van der Waals surface area (Å²) in [5.74, 6) is 1.17. The molecule has 0 saturated carbocycles. The van der Waals surface area contributed by atoms with Crippen LogP contribution in [0.3, 0.4) is 0 Å². The molecule has 0 amide bonds. The number of aliphatic imine (C=N–C) groups is 1. The van der Waals surface area contributed by atoms with Gasteiger partial charge in [0.2, 0.25) is 0 Å². The van der Waals surface area contributed by atoms with Crippen molar-refractivity contribution < 1.29 is 9.13 Å². The average Bonchev–Trinajstić information content (AvgIpc) is 2.62. The molecule has 1 heterocycles.